The average Bonchev–Trinajstić information content (AvgIpc) is 2.84. The highest BCUT2D eigenvalue weighted by Gasteiger charge is 2.41. The van der Waals surface area contributed by atoms with Crippen LogP contribution in [0.2, 0.25) is 0 Å². The van der Waals surface area contributed by atoms with Crippen LogP contribution in [0.1, 0.15) is 13.3 Å². The van der Waals surface area contributed by atoms with Crippen LogP contribution in [0.5, 0.6) is 0 Å². The fourth-order valence-corrected chi connectivity index (χ4v) is 2.73. The second-order valence-corrected chi connectivity index (χ2v) is 5.53. The van der Waals surface area contributed by atoms with Crippen LogP contribution in [-0.4, -0.2) is 39.9 Å². The number of carbonyl (C=O) groups excluding carboxylic acids is 1. The second kappa shape index (κ2) is 4.87. The maximum absolute atomic E-state index is 12.0. The SMILES string of the molecule is CC1=C(Br)C(OS(C)=O)N(C2=NNCC2)C1=O. The molecule has 0 fully saturated rings. The van der Waals surface area contributed by atoms with Gasteiger partial charge in [-0.15, -0.1) is 0 Å². The molecule has 2 unspecified atom stereocenters. The molecule has 2 aliphatic rings. The molecule has 0 saturated carbocycles. The van der Waals surface area contributed by atoms with Crippen LogP contribution in [-0.2, 0) is 20.1 Å². The zero-order valence-corrected chi connectivity index (χ0v) is 11.8. The van der Waals surface area contributed by atoms with E-state index < -0.39 is 17.3 Å². The minimum absolute atomic E-state index is 0.172. The van der Waals surface area contributed by atoms with Crippen molar-refractivity contribution >= 4 is 38.8 Å². The van der Waals surface area contributed by atoms with E-state index in [4.69, 9.17) is 4.18 Å². The normalized spacial score (nSPS) is 26.3. The first-order valence-corrected chi connectivity index (χ1v) is 7.29. The molecule has 8 heteroatoms. The predicted molar refractivity (Wildman–Crippen MR) is 67.5 cm³/mol. The van der Waals surface area contributed by atoms with E-state index in [9.17, 15) is 9.00 Å². The molecule has 0 aliphatic carbocycles. The molecule has 0 aromatic heterocycles. The van der Waals surface area contributed by atoms with Gasteiger partial charge in [-0.25, -0.2) is 4.21 Å². The number of nitrogens with one attached hydrogen (secondary N) is 1. The van der Waals surface area contributed by atoms with Crippen molar-refractivity contribution < 1.29 is 13.2 Å². The molecule has 0 radical (unpaired) electrons. The van der Waals surface area contributed by atoms with Crippen LogP contribution in [0.25, 0.3) is 0 Å². The largest absolute Gasteiger partial charge is 0.308 e. The lowest BCUT2D eigenvalue weighted by molar-refractivity contribution is -0.125. The highest BCUT2D eigenvalue weighted by Crippen LogP contribution is 2.32. The van der Waals surface area contributed by atoms with E-state index in [1.807, 2.05) is 0 Å². The van der Waals surface area contributed by atoms with Gasteiger partial charge in [-0.05, 0) is 6.92 Å². The van der Waals surface area contributed by atoms with E-state index in [0.717, 1.165) is 0 Å². The standard InChI is InChI=1S/C9H12BrN3O3S/c1-5-7(10)9(16-17(2)15)13(8(5)14)6-3-4-11-12-6/h9,11H,3-4H2,1-2H3. The van der Waals surface area contributed by atoms with E-state index >= 15 is 0 Å². The maximum Gasteiger partial charge on any atom is 0.258 e. The Bertz CT molecular complexity index is 449. The van der Waals surface area contributed by atoms with Crippen molar-refractivity contribution in [3.8, 4) is 0 Å². The summed E-state index contributed by atoms with van der Waals surface area (Å²) in [5.74, 6) is 0.439. The lowest BCUT2D eigenvalue weighted by Gasteiger charge is -2.23. The summed E-state index contributed by atoms with van der Waals surface area (Å²) in [6.07, 6.45) is 1.40. The lowest BCUT2D eigenvalue weighted by Crippen LogP contribution is -2.41. The summed E-state index contributed by atoms with van der Waals surface area (Å²) in [6, 6.07) is 0. The lowest BCUT2D eigenvalue weighted by atomic mass is 10.3. The van der Waals surface area contributed by atoms with Gasteiger partial charge in [0.2, 0.25) is 0 Å². The molecular formula is C9H12BrN3O3S. The summed E-state index contributed by atoms with van der Waals surface area (Å²) in [7, 11) is 0. The molecule has 0 spiro atoms. The Kier molecular flexibility index (Phi) is 3.64. The number of amidine groups is 1. The number of rotatable bonds is 2. The van der Waals surface area contributed by atoms with E-state index in [1.54, 1.807) is 6.92 Å². The fourth-order valence-electron chi connectivity index (χ4n) is 1.70. The van der Waals surface area contributed by atoms with Crippen molar-refractivity contribution in [2.45, 2.75) is 19.6 Å². The van der Waals surface area contributed by atoms with Gasteiger partial charge in [0.15, 0.2) is 17.3 Å². The van der Waals surface area contributed by atoms with E-state index in [0.29, 0.717) is 28.9 Å². The number of halogens is 1. The number of hydrogen-bond donors (Lipinski definition) is 1. The van der Waals surface area contributed by atoms with Gasteiger partial charge >= 0.3 is 0 Å². The Hall–Kier alpha value is -0.730. The summed E-state index contributed by atoms with van der Waals surface area (Å²) in [6.45, 7) is 2.39. The Morgan fingerprint density at radius 1 is 1.65 bits per heavy atom. The molecule has 0 aromatic carbocycles. The van der Waals surface area contributed by atoms with Crippen LogP contribution in [0.15, 0.2) is 15.2 Å². The Morgan fingerprint density at radius 2 is 2.35 bits per heavy atom. The minimum atomic E-state index is -1.46. The molecular weight excluding hydrogens is 310 g/mol. The van der Waals surface area contributed by atoms with Gasteiger partial charge < -0.3 is 5.43 Å². The van der Waals surface area contributed by atoms with E-state index in [2.05, 4.69) is 26.5 Å². The van der Waals surface area contributed by atoms with Crippen molar-refractivity contribution in [3.63, 3.8) is 0 Å². The summed E-state index contributed by atoms with van der Waals surface area (Å²) < 4.78 is 17.0. The Morgan fingerprint density at radius 3 is 2.88 bits per heavy atom. The Labute approximate surface area is 110 Å². The minimum Gasteiger partial charge on any atom is -0.308 e. The molecule has 2 atom stereocenters. The third-order valence-electron chi connectivity index (χ3n) is 2.52. The van der Waals surface area contributed by atoms with Crippen LogP contribution >= 0.6 is 15.9 Å². The molecule has 0 bridgehead atoms. The maximum atomic E-state index is 12.0. The first kappa shape index (κ1) is 12.7. The third-order valence-corrected chi connectivity index (χ3v) is 3.96. The van der Waals surface area contributed by atoms with Gasteiger partial charge in [0, 0.05) is 24.8 Å². The Balaban J connectivity index is 2.30. The second-order valence-electron chi connectivity index (χ2n) is 3.68. The third kappa shape index (κ3) is 2.29. The number of hydrazone groups is 1. The first-order chi connectivity index (χ1) is 8.02. The van der Waals surface area contributed by atoms with Crippen molar-refractivity contribution in [1.29, 1.82) is 0 Å². The smallest absolute Gasteiger partial charge is 0.258 e. The van der Waals surface area contributed by atoms with Crippen LogP contribution < -0.4 is 5.43 Å². The van der Waals surface area contributed by atoms with Crippen LogP contribution in [0.3, 0.4) is 0 Å². The highest BCUT2D eigenvalue weighted by molar-refractivity contribution is 9.11. The van der Waals surface area contributed by atoms with Gasteiger partial charge in [-0.2, -0.15) is 5.10 Å². The molecule has 1 amide bonds. The first-order valence-electron chi connectivity index (χ1n) is 5.02. The summed E-state index contributed by atoms with van der Waals surface area (Å²) >= 11 is 1.85. The highest BCUT2D eigenvalue weighted by atomic mass is 79.9. The molecule has 17 heavy (non-hydrogen) atoms. The monoisotopic (exact) mass is 321 g/mol. The zero-order valence-electron chi connectivity index (χ0n) is 9.40. The fraction of sp³-hybridized carbons (Fsp3) is 0.556. The predicted octanol–water partition coefficient (Wildman–Crippen LogP) is 0.440. The molecule has 2 rings (SSSR count). The van der Waals surface area contributed by atoms with Gasteiger partial charge in [0.1, 0.15) is 5.84 Å². The zero-order chi connectivity index (χ0) is 12.6. The quantitative estimate of drug-likeness (QED) is 0.801. The van der Waals surface area contributed by atoms with Gasteiger partial charge in [-0.3, -0.25) is 13.9 Å². The van der Waals surface area contributed by atoms with Gasteiger partial charge in [-0.1, -0.05) is 15.9 Å². The van der Waals surface area contributed by atoms with Gasteiger partial charge in [0.25, 0.3) is 5.91 Å². The van der Waals surface area contributed by atoms with Crippen molar-refractivity contribution in [1.82, 2.24) is 10.3 Å². The molecule has 0 aromatic rings. The van der Waals surface area contributed by atoms with Crippen molar-refractivity contribution in [3.05, 3.63) is 10.1 Å². The summed E-state index contributed by atoms with van der Waals surface area (Å²) in [5.41, 5.74) is 3.35. The number of carbonyl (C=O) groups is 1. The van der Waals surface area contributed by atoms with E-state index in [-0.39, 0.29) is 5.91 Å². The molecule has 0 saturated heterocycles. The molecule has 6 nitrogen and oxygen atoms in total. The topological polar surface area (TPSA) is 71.0 Å². The average molecular weight is 322 g/mol. The van der Waals surface area contributed by atoms with Gasteiger partial charge in [0.05, 0.1) is 4.48 Å². The molecule has 2 aliphatic heterocycles. The van der Waals surface area contributed by atoms with E-state index in [1.165, 1.54) is 11.2 Å². The molecule has 2 heterocycles. The van der Waals surface area contributed by atoms with Crippen LogP contribution in [0.4, 0.5) is 0 Å². The van der Waals surface area contributed by atoms with Crippen LogP contribution in [0, 0.1) is 0 Å². The summed E-state index contributed by atoms with van der Waals surface area (Å²) in [5, 5.41) is 4.04. The number of hydrogen-bond acceptors (Lipinski definition) is 5. The summed E-state index contributed by atoms with van der Waals surface area (Å²) in [4.78, 5) is 13.5. The van der Waals surface area contributed by atoms with Crippen molar-refractivity contribution in [2.75, 3.05) is 12.8 Å². The number of nitrogens with zero attached hydrogens (tertiary/aromatic N) is 2. The van der Waals surface area contributed by atoms with Crippen molar-refractivity contribution in [2.24, 2.45) is 5.10 Å². The molecule has 1 N–H and O–H groups in total. The number of amides is 1. The molecule has 94 valence electrons.